The summed E-state index contributed by atoms with van der Waals surface area (Å²) in [5.41, 5.74) is 1.51. The van der Waals surface area contributed by atoms with Crippen LogP contribution in [0.1, 0.15) is 33.3 Å². The zero-order chi connectivity index (χ0) is 14.4. The molecule has 0 atom stereocenters. The molecule has 104 valence electrons. The average molecular weight is 260 g/mol. The lowest BCUT2D eigenvalue weighted by Crippen LogP contribution is -2.24. The number of rotatable bonds is 6. The minimum absolute atomic E-state index is 0.581. The first-order valence-electron chi connectivity index (χ1n) is 6.81. The highest BCUT2D eigenvalue weighted by Gasteiger charge is 2.17. The third-order valence-corrected chi connectivity index (χ3v) is 3.59. The summed E-state index contributed by atoms with van der Waals surface area (Å²) in [6.07, 6.45) is 0. The standard InChI is InChI=1S/C16H24N2O/c1-11(2)15(12(3)4)10-18-16-8-14(19-5)7-6-13(16)9-17/h6-8,11-12,15,18H,10H2,1-5H3. The molecule has 0 heterocycles. The van der Waals surface area contributed by atoms with Crippen molar-refractivity contribution in [2.75, 3.05) is 19.0 Å². The molecule has 0 unspecified atom stereocenters. The van der Waals surface area contributed by atoms with Gasteiger partial charge in [0.1, 0.15) is 11.8 Å². The molecule has 19 heavy (non-hydrogen) atoms. The minimum atomic E-state index is 0.581. The number of benzene rings is 1. The van der Waals surface area contributed by atoms with Gasteiger partial charge in [0.05, 0.1) is 18.4 Å². The van der Waals surface area contributed by atoms with Crippen molar-refractivity contribution >= 4 is 5.69 Å². The molecule has 0 aliphatic carbocycles. The summed E-state index contributed by atoms with van der Waals surface area (Å²) in [5.74, 6) is 2.58. The summed E-state index contributed by atoms with van der Waals surface area (Å²) in [7, 11) is 1.64. The van der Waals surface area contributed by atoms with Crippen LogP contribution in [0.4, 0.5) is 5.69 Å². The first-order valence-corrected chi connectivity index (χ1v) is 6.81. The van der Waals surface area contributed by atoms with Crippen LogP contribution in [-0.4, -0.2) is 13.7 Å². The molecule has 3 heteroatoms. The van der Waals surface area contributed by atoms with E-state index in [9.17, 15) is 0 Å². The fraction of sp³-hybridized carbons (Fsp3) is 0.562. The molecule has 0 saturated carbocycles. The second kappa shape index (κ2) is 7.04. The van der Waals surface area contributed by atoms with E-state index in [0.717, 1.165) is 18.0 Å². The maximum atomic E-state index is 9.13. The molecule has 0 fully saturated rings. The second-order valence-corrected chi connectivity index (χ2v) is 5.56. The van der Waals surface area contributed by atoms with Crippen LogP contribution in [0.15, 0.2) is 18.2 Å². The lowest BCUT2D eigenvalue weighted by molar-refractivity contribution is 0.304. The van der Waals surface area contributed by atoms with Crippen molar-refractivity contribution in [1.29, 1.82) is 5.26 Å². The largest absolute Gasteiger partial charge is 0.497 e. The Balaban J connectivity index is 2.84. The molecule has 0 aromatic heterocycles. The number of nitrogens with zero attached hydrogens (tertiary/aromatic N) is 1. The number of hydrogen-bond acceptors (Lipinski definition) is 3. The molecule has 0 spiro atoms. The van der Waals surface area contributed by atoms with Crippen LogP contribution in [0.25, 0.3) is 0 Å². The van der Waals surface area contributed by atoms with Crippen LogP contribution < -0.4 is 10.1 Å². The van der Waals surface area contributed by atoms with Gasteiger partial charge in [-0.2, -0.15) is 5.26 Å². The van der Waals surface area contributed by atoms with Crippen molar-refractivity contribution in [3.63, 3.8) is 0 Å². The Bertz CT molecular complexity index is 439. The molecule has 0 bridgehead atoms. The fourth-order valence-electron chi connectivity index (χ4n) is 2.36. The summed E-state index contributed by atoms with van der Waals surface area (Å²) in [6.45, 7) is 9.83. The molecule has 0 amide bonds. The van der Waals surface area contributed by atoms with Gasteiger partial charge in [-0.25, -0.2) is 0 Å². The second-order valence-electron chi connectivity index (χ2n) is 5.56. The van der Waals surface area contributed by atoms with E-state index >= 15 is 0 Å². The highest BCUT2D eigenvalue weighted by Crippen LogP contribution is 2.25. The zero-order valence-electron chi connectivity index (χ0n) is 12.5. The number of anilines is 1. The molecule has 0 radical (unpaired) electrons. The van der Waals surface area contributed by atoms with Gasteiger partial charge in [0.25, 0.3) is 0 Å². The van der Waals surface area contributed by atoms with E-state index in [1.54, 1.807) is 13.2 Å². The maximum absolute atomic E-state index is 9.13. The van der Waals surface area contributed by atoms with Gasteiger partial charge >= 0.3 is 0 Å². The number of ether oxygens (including phenoxy) is 1. The van der Waals surface area contributed by atoms with Crippen molar-refractivity contribution in [3.8, 4) is 11.8 Å². The number of hydrogen-bond donors (Lipinski definition) is 1. The fourth-order valence-corrected chi connectivity index (χ4v) is 2.36. The van der Waals surface area contributed by atoms with Crippen LogP contribution in [0.3, 0.4) is 0 Å². The van der Waals surface area contributed by atoms with Gasteiger partial charge in [-0.15, -0.1) is 0 Å². The molecule has 0 saturated heterocycles. The van der Waals surface area contributed by atoms with Crippen LogP contribution >= 0.6 is 0 Å². The molecule has 1 aromatic rings. The van der Waals surface area contributed by atoms with Crippen LogP contribution in [-0.2, 0) is 0 Å². The average Bonchev–Trinajstić information content (AvgIpc) is 2.37. The minimum Gasteiger partial charge on any atom is -0.497 e. The molecule has 3 nitrogen and oxygen atoms in total. The van der Waals surface area contributed by atoms with Gasteiger partial charge in [-0.1, -0.05) is 27.7 Å². The van der Waals surface area contributed by atoms with E-state index in [0.29, 0.717) is 23.3 Å². The topological polar surface area (TPSA) is 45.0 Å². The Morgan fingerprint density at radius 2 is 1.84 bits per heavy atom. The number of methoxy groups -OCH3 is 1. The summed E-state index contributed by atoms with van der Waals surface area (Å²) < 4.78 is 5.21. The third kappa shape index (κ3) is 4.17. The normalized spacial score (nSPS) is 10.9. The Hall–Kier alpha value is -1.69. The van der Waals surface area contributed by atoms with Crippen molar-refractivity contribution in [2.45, 2.75) is 27.7 Å². The van der Waals surface area contributed by atoms with Gasteiger partial charge in [0, 0.05) is 12.6 Å². The van der Waals surface area contributed by atoms with E-state index in [-0.39, 0.29) is 0 Å². The van der Waals surface area contributed by atoms with Crippen molar-refractivity contribution in [1.82, 2.24) is 0 Å². The van der Waals surface area contributed by atoms with E-state index in [1.807, 2.05) is 12.1 Å². The van der Waals surface area contributed by atoms with Gasteiger partial charge < -0.3 is 10.1 Å². The third-order valence-electron chi connectivity index (χ3n) is 3.59. The molecular weight excluding hydrogens is 236 g/mol. The van der Waals surface area contributed by atoms with Gasteiger partial charge in [-0.05, 0) is 29.9 Å². The van der Waals surface area contributed by atoms with Gasteiger partial charge in [0.15, 0.2) is 0 Å². The van der Waals surface area contributed by atoms with E-state index in [2.05, 4.69) is 39.1 Å². The molecule has 0 aliphatic heterocycles. The summed E-state index contributed by atoms with van der Waals surface area (Å²) in [5, 5.41) is 12.5. The van der Waals surface area contributed by atoms with Gasteiger partial charge in [-0.3, -0.25) is 0 Å². The van der Waals surface area contributed by atoms with E-state index in [4.69, 9.17) is 10.00 Å². The first-order chi connectivity index (χ1) is 8.99. The monoisotopic (exact) mass is 260 g/mol. The predicted octanol–water partition coefficient (Wildman–Crippen LogP) is 3.91. The van der Waals surface area contributed by atoms with Crippen molar-refractivity contribution < 1.29 is 4.74 Å². The lowest BCUT2D eigenvalue weighted by atomic mass is 9.85. The highest BCUT2D eigenvalue weighted by atomic mass is 16.5. The smallest absolute Gasteiger partial charge is 0.121 e. The highest BCUT2D eigenvalue weighted by molar-refractivity contribution is 5.60. The molecule has 1 N–H and O–H groups in total. The Labute approximate surface area is 116 Å². The zero-order valence-corrected chi connectivity index (χ0v) is 12.5. The number of nitrogens with one attached hydrogen (secondary N) is 1. The summed E-state index contributed by atoms with van der Waals surface area (Å²) in [4.78, 5) is 0. The molecule has 1 aromatic carbocycles. The van der Waals surface area contributed by atoms with E-state index < -0.39 is 0 Å². The number of nitriles is 1. The molecule has 0 aliphatic rings. The van der Waals surface area contributed by atoms with Crippen LogP contribution in [0.2, 0.25) is 0 Å². The van der Waals surface area contributed by atoms with Crippen molar-refractivity contribution in [3.05, 3.63) is 23.8 Å². The Morgan fingerprint density at radius 1 is 1.21 bits per heavy atom. The Morgan fingerprint density at radius 3 is 2.32 bits per heavy atom. The van der Waals surface area contributed by atoms with Crippen LogP contribution in [0.5, 0.6) is 5.75 Å². The molecular formula is C16H24N2O. The van der Waals surface area contributed by atoms with E-state index in [1.165, 1.54) is 0 Å². The summed E-state index contributed by atoms with van der Waals surface area (Å²) in [6, 6.07) is 7.70. The Kier molecular flexibility index (Phi) is 5.69. The van der Waals surface area contributed by atoms with Crippen molar-refractivity contribution in [2.24, 2.45) is 17.8 Å². The predicted molar refractivity (Wildman–Crippen MR) is 79.4 cm³/mol. The summed E-state index contributed by atoms with van der Waals surface area (Å²) >= 11 is 0. The van der Waals surface area contributed by atoms with Gasteiger partial charge in [0.2, 0.25) is 0 Å². The first kappa shape index (κ1) is 15.4. The molecule has 1 rings (SSSR count). The van der Waals surface area contributed by atoms with Crippen LogP contribution in [0, 0.1) is 29.1 Å². The lowest BCUT2D eigenvalue weighted by Gasteiger charge is -2.25. The maximum Gasteiger partial charge on any atom is 0.121 e. The quantitative estimate of drug-likeness (QED) is 0.843. The SMILES string of the molecule is COc1ccc(C#N)c(NCC(C(C)C)C(C)C)c1.